The molecule has 1 saturated heterocycles. The highest BCUT2D eigenvalue weighted by molar-refractivity contribution is 7.13. The van der Waals surface area contributed by atoms with Gasteiger partial charge in [0.05, 0.1) is 17.3 Å². The number of nitrogens with zero attached hydrogens (tertiary/aromatic N) is 3. The summed E-state index contributed by atoms with van der Waals surface area (Å²) >= 11 is 1.68. The van der Waals surface area contributed by atoms with E-state index in [-0.39, 0.29) is 5.92 Å². The van der Waals surface area contributed by atoms with Crippen molar-refractivity contribution in [1.82, 2.24) is 14.7 Å². The van der Waals surface area contributed by atoms with E-state index < -0.39 is 5.97 Å². The van der Waals surface area contributed by atoms with E-state index in [0.29, 0.717) is 6.54 Å². The van der Waals surface area contributed by atoms with E-state index in [0.717, 1.165) is 42.2 Å². The van der Waals surface area contributed by atoms with Crippen LogP contribution in [0.15, 0.2) is 54.0 Å². The Hall–Kier alpha value is -2.44. The molecule has 4 rings (SSSR count). The maximum Gasteiger partial charge on any atom is 0.307 e. The molecule has 1 N–H and O–H groups in total. The van der Waals surface area contributed by atoms with E-state index in [1.54, 1.807) is 11.3 Å². The van der Waals surface area contributed by atoms with Crippen molar-refractivity contribution in [3.05, 3.63) is 65.2 Å². The molecule has 1 aromatic carbocycles. The first-order valence-corrected chi connectivity index (χ1v) is 9.66. The fraction of sp³-hybridized carbons (Fsp3) is 0.300. The van der Waals surface area contributed by atoms with Crippen molar-refractivity contribution >= 4 is 17.3 Å². The molecule has 0 radical (unpaired) electrons. The van der Waals surface area contributed by atoms with Gasteiger partial charge in [0.25, 0.3) is 0 Å². The van der Waals surface area contributed by atoms with Gasteiger partial charge in [-0.25, -0.2) is 0 Å². The number of carboxylic acid groups (broad SMARTS) is 1. The van der Waals surface area contributed by atoms with Gasteiger partial charge in [-0.2, -0.15) is 5.10 Å². The number of carboxylic acids is 1. The fourth-order valence-corrected chi connectivity index (χ4v) is 4.21. The van der Waals surface area contributed by atoms with Crippen LogP contribution in [0.4, 0.5) is 0 Å². The van der Waals surface area contributed by atoms with Crippen molar-refractivity contribution in [3.8, 4) is 10.6 Å². The molecule has 5 nitrogen and oxygen atoms in total. The molecule has 134 valence electrons. The van der Waals surface area contributed by atoms with Gasteiger partial charge in [0.1, 0.15) is 5.69 Å². The normalized spacial score (nSPS) is 17.6. The van der Waals surface area contributed by atoms with Crippen LogP contribution < -0.4 is 0 Å². The van der Waals surface area contributed by atoms with E-state index >= 15 is 0 Å². The van der Waals surface area contributed by atoms with Crippen molar-refractivity contribution in [2.75, 3.05) is 13.1 Å². The molecular formula is C20H21N3O2S. The van der Waals surface area contributed by atoms with Crippen LogP contribution in [0.3, 0.4) is 0 Å². The van der Waals surface area contributed by atoms with E-state index in [4.69, 9.17) is 5.10 Å². The third-order valence-corrected chi connectivity index (χ3v) is 5.67. The number of rotatable bonds is 6. The van der Waals surface area contributed by atoms with Crippen molar-refractivity contribution < 1.29 is 9.90 Å². The van der Waals surface area contributed by atoms with E-state index in [9.17, 15) is 9.90 Å². The predicted molar refractivity (Wildman–Crippen MR) is 102 cm³/mol. The summed E-state index contributed by atoms with van der Waals surface area (Å²) in [7, 11) is 0. The lowest BCUT2D eigenvalue weighted by Gasteiger charge is -2.14. The minimum atomic E-state index is -0.689. The first kappa shape index (κ1) is 17.0. The third-order valence-electron chi connectivity index (χ3n) is 4.79. The van der Waals surface area contributed by atoms with Crippen molar-refractivity contribution in [2.45, 2.75) is 19.5 Å². The summed E-state index contributed by atoms with van der Waals surface area (Å²) in [5, 5.41) is 16.1. The average molecular weight is 367 g/mol. The number of hydrogen-bond acceptors (Lipinski definition) is 4. The quantitative estimate of drug-likeness (QED) is 0.724. The van der Waals surface area contributed by atoms with Gasteiger partial charge in [0.2, 0.25) is 0 Å². The first-order chi connectivity index (χ1) is 12.7. The number of likely N-dealkylation sites (tertiary alicyclic amines) is 1. The Kier molecular flexibility index (Phi) is 4.86. The minimum absolute atomic E-state index is 0.250. The third kappa shape index (κ3) is 3.71. The van der Waals surface area contributed by atoms with E-state index in [1.165, 1.54) is 5.56 Å². The zero-order chi connectivity index (χ0) is 17.9. The Balaban J connectivity index is 1.57. The first-order valence-electron chi connectivity index (χ1n) is 8.78. The molecule has 1 aliphatic rings. The standard InChI is InChI=1S/C20H21N3O2S/c24-20(25)16-8-9-22(12-16)13-17-14-23(11-15-5-2-1-3-6-15)21-19(17)18-7-4-10-26-18/h1-7,10,14,16H,8-9,11-13H2,(H,24,25). The maximum atomic E-state index is 11.2. The number of carbonyl (C=O) groups is 1. The van der Waals surface area contributed by atoms with Crippen LogP contribution in [0.1, 0.15) is 17.5 Å². The molecule has 1 fully saturated rings. The number of benzene rings is 1. The molecule has 0 aliphatic carbocycles. The molecule has 3 heterocycles. The Morgan fingerprint density at radius 3 is 2.73 bits per heavy atom. The number of aliphatic carboxylic acids is 1. The minimum Gasteiger partial charge on any atom is -0.481 e. The largest absolute Gasteiger partial charge is 0.481 e. The van der Waals surface area contributed by atoms with Crippen LogP contribution in [0, 0.1) is 5.92 Å². The molecule has 6 heteroatoms. The summed E-state index contributed by atoms with van der Waals surface area (Å²) in [6.45, 7) is 2.91. The molecule has 1 atom stereocenters. The number of aromatic nitrogens is 2. The van der Waals surface area contributed by atoms with Gasteiger partial charge in [-0.05, 0) is 30.0 Å². The zero-order valence-corrected chi connectivity index (χ0v) is 15.2. The summed E-state index contributed by atoms with van der Waals surface area (Å²) in [4.78, 5) is 14.6. The number of thiophene rings is 1. The van der Waals surface area contributed by atoms with Crippen LogP contribution in [0.2, 0.25) is 0 Å². The number of hydrogen-bond donors (Lipinski definition) is 1. The second kappa shape index (κ2) is 7.43. The van der Waals surface area contributed by atoms with Gasteiger partial charge in [0, 0.05) is 24.8 Å². The lowest BCUT2D eigenvalue weighted by molar-refractivity contribution is -0.141. The van der Waals surface area contributed by atoms with Gasteiger partial charge in [-0.15, -0.1) is 11.3 Å². The summed E-state index contributed by atoms with van der Waals surface area (Å²) in [6, 6.07) is 14.4. The topological polar surface area (TPSA) is 58.4 Å². The lowest BCUT2D eigenvalue weighted by atomic mass is 10.1. The van der Waals surface area contributed by atoms with Gasteiger partial charge >= 0.3 is 5.97 Å². The van der Waals surface area contributed by atoms with Crippen LogP contribution in [-0.4, -0.2) is 38.8 Å². The van der Waals surface area contributed by atoms with Crippen molar-refractivity contribution in [1.29, 1.82) is 0 Å². The van der Waals surface area contributed by atoms with Gasteiger partial charge in [0.15, 0.2) is 0 Å². The molecule has 0 bridgehead atoms. The molecule has 0 saturated carbocycles. The molecule has 0 spiro atoms. The molecule has 3 aromatic rings. The Morgan fingerprint density at radius 2 is 2.04 bits per heavy atom. The second-order valence-corrected chi connectivity index (χ2v) is 7.67. The van der Waals surface area contributed by atoms with Crippen molar-refractivity contribution in [3.63, 3.8) is 0 Å². The van der Waals surface area contributed by atoms with Crippen LogP contribution in [0.5, 0.6) is 0 Å². The molecule has 26 heavy (non-hydrogen) atoms. The molecule has 2 aromatic heterocycles. The highest BCUT2D eigenvalue weighted by atomic mass is 32.1. The van der Waals surface area contributed by atoms with E-state index in [1.807, 2.05) is 28.9 Å². The second-order valence-electron chi connectivity index (χ2n) is 6.72. The molecule has 1 unspecified atom stereocenters. The molecule has 0 amide bonds. The van der Waals surface area contributed by atoms with Gasteiger partial charge < -0.3 is 5.11 Å². The SMILES string of the molecule is O=C(O)C1CCN(Cc2cn(Cc3ccccc3)nc2-c2cccs2)C1. The summed E-state index contributed by atoms with van der Waals surface area (Å²) < 4.78 is 1.99. The fourth-order valence-electron chi connectivity index (χ4n) is 3.47. The summed E-state index contributed by atoms with van der Waals surface area (Å²) in [5.41, 5.74) is 3.38. The Labute approximate surface area is 156 Å². The zero-order valence-electron chi connectivity index (χ0n) is 14.4. The molecular weight excluding hydrogens is 346 g/mol. The average Bonchev–Trinajstić information content (AvgIpc) is 3.37. The monoisotopic (exact) mass is 367 g/mol. The highest BCUT2D eigenvalue weighted by Gasteiger charge is 2.28. The maximum absolute atomic E-state index is 11.2. The van der Waals surface area contributed by atoms with Gasteiger partial charge in [-0.1, -0.05) is 36.4 Å². The molecule has 1 aliphatic heterocycles. The smallest absolute Gasteiger partial charge is 0.307 e. The van der Waals surface area contributed by atoms with Crippen LogP contribution in [-0.2, 0) is 17.9 Å². The predicted octanol–water partition coefficient (Wildman–Crippen LogP) is 3.57. The van der Waals surface area contributed by atoms with Crippen LogP contribution in [0.25, 0.3) is 10.6 Å². The van der Waals surface area contributed by atoms with Crippen molar-refractivity contribution in [2.24, 2.45) is 5.92 Å². The Bertz CT molecular complexity index is 874. The highest BCUT2D eigenvalue weighted by Crippen LogP contribution is 2.29. The summed E-state index contributed by atoms with van der Waals surface area (Å²) in [5.74, 6) is -0.940. The lowest BCUT2D eigenvalue weighted by Crippen LogP contribution is -2.22. The van der Waals surface area contributed by atoms with Gasteiger partial charge in [-0.3, -0.25) is 14.4 Å². The Morgan fingerprint density at radius 1 is 1.19 bits per heavy atom. The van der Waals surface area contributed by atoms with E-state index in [2.05, 4.69) is 34.7 Å². The summed E-state index contributed by atoms with van der Waals surface area (Å²) in [6.07, 6.45) is 2.83. The van der Waals surface area contributed by atoms with Crippen LogP contribution >= 0.6 is 11.3 Å².